The molecule has 0 bridgehead atoms. The van der Waals surface area contributed by atoms with Gasteiger partial charge in [-0.15, -0.1) is 0 Å². The van der Waals surface area contributed by atoms with E-state index in [0.717, 1.165) is 4.90 Å². The van der Waals surface area contributed by atoms with E-state index in [2.05, 4.69) is 0 Å². The Morgan fingerprint density at radius 2 is 1.59 bits per heavy atom. The zero-order valence-corrected chi connectivity index (χ0v) is 10.2. The van der Waals surface area contributed by atoms with Crippen LogP contribution in [0.25, 0.3) is 0 Å². The molecule has 6 nitrogen and oxygen atoms in total. The molecule has 0 aromatic heterocycles. The molecule has 1 aromatic carbocycles. The first-order valence-corrected chi connectivity index (χ1v) is 4.81. The minimum absolute atomic E-state index is 0.412. The van der Waals surface area contributed by atoms with Crippen LogP contribution in [0.3, 0.4) is 0 Å². The van der Waals surface area contributed by atoms with E-state index in [1.54, 1.807) is 12.1 Å². The number of rotatable bonds is 4. The Bertz CT molecular complexity index is 393. The molecule has 0 aliphatic rings. The number of carboxylic acid groups (broad SMARTS) is 1. The molecular weight excluding hydrogens is 226 g/mol. The number of amides is 1. The monoisotopic (exact) mass is 241 g/mol. The van der Waals surface area contributed by atoms with E-state index < -0.39 is 6.09 Å². The third kappa shape index (κ3) is 2.52. The Morgan fingerprint density at radius 3 is 1.88 bits per heavy atom. The van der Waals surface area contributed by atoms with Crippen molar-refractivity contribution in [1.29, 1.82) is 0 Å². The summed E-state index contributed by atoms with van der Waals surface area (Å²) in [7, 11) is 5.87. The first-order chi connectivity index (χ1) is 8.04. The fourth-order valence-corrected chi connectivity index (χ4v) is 1.37. The molecule has 0 saturated heterocycles. The molecule has 0 saturated carbocycles. The molecule has 0 atom stereocenters. The number of methoxy groups -OCH3 is 3. The van der Waals surface area contributed by atoms with Crippen LogP contribution < -0.4 is 19.1 Å². The van der Waals surface area contributed by atoms with Gasteiger partial charge < -0.3 is 19.3 Å². The second-order valence-corrected chi connectivity index (χ2v) is 3.23. The summed E-state index contributed by atoms with van der Waals surface area (Å²) in [6.07, 6.45) is -1.07. The molecule has 17 heavy (non-hydrogen) atoms. The number of hydrogen-bond acceptors (Lipinski definition) is 4. The molecule has 0 radical (unpaired) electrons. The molecular formula is C11H15NO5. The van der Waals surface area contributed by atoms with Gasteiger partial charge >= 0.3 is 6.09 Å². The highest BCUT2D eigenvalue weighted by Gasteiger charge is 2.17. The Labute approximate surface area is 99.3 Å². The van der Waals surface area contributed by atoms with Crippen LogP contribution in [0.4, 0.5) is 10.5 Å². The van der Waals surface area contributed by atoms with Gasteiger partial charge in [0.1, 0.15) is 0 Å². The van der Waals surface area contributed by atoms with E-state index in [1.807, 2.05) is 0 Å². The molecule has 0 spiro atoms. The van der Waals surface area contributed by atoms with Gasteiger partial charge in [0.15, 0.2) is 11.5 Å². The predicted octanol–water partition coefficient (Wildman–Crippen LogP) is 1.83. The number of nitrogens with zero attached hydrogens (tertiary/aromatic N) is 1. The fraction of sp³-hybridized carbons (Fsp3) is 0.364. The van der Waals surface area contributed by atoms with E-state index >= 15 is 0 Å². The van der Waals surface area contributed by atoms with Gasteiger partial charge in [-0.25, -0.2) is 4.79 Å². The Balaban J connectivity index is 3.31. The van der Waals surface area contributed by atoms with Crippen LogP contribution in [0, 0.1) is 0 Å². The van der Waals surface area contributed by atoms with E-state index in [9.17, 15) is 4.79 Å². The molecule has 0 aliphatic heterocycles. The summed E-state index contributed by atoms with van der Waals surface area (Å²) in [5.74, 6) is 1.25. The van der Waals surface area contributed by atoms with Crippen molar-refractivity contribution in [3.8, 4) is 17.2 Å². The lowest BCUT2D eigenvalue weighted by Gasteiger charge is -2.18. The number of ether oxygens (including phenoxy) is 3. The third-order valence-corrected chi connectivity index (χ3v) is 2.32. The Kier molecular flexibility index (Phi) is 4.03. The van der Waals surface area contributed by atoms with Gasteiger partial charge in [0, 0.05) is 19.2 Å². The van der Waals surface area contributed by atoms with E-state index in [1.165, 1.54) is 28.4 Å². The Hall–Kier alpha value is -2.11. The maximum absolute atomic E-state index is 10.9. The highest BCUT2D eigenvalue weighted by atomic mass is 16.5. The second-order valence-electron chi connectivity index (χ2n) is 3.23. The summed E-state index contributed by atoms with van der Waals surface area (Å²) in [6, 6.07) is 3.13. The molecule has 0 fully saturated rings. The van der Waals surface area contributed by atoms with Gasteiger partial charge in [0.2, 0.25) is 5.75 Å². The largest absolute Gasteiger partial charge is 0.493 e. The first kappa shape index (κ1) is 13.0. The topological polar surface area (TPSA) is 68.2 Å². The molecule has 1 N–H and O–H groups in total. The maximum Gasteiger partial charge on any atom is 0.411 e. The highest BCUT2D eigenvalue weighted by molar-refractivity contribution is 5.86. The second kappa shape index (κ2) is 5.29. The van der Waals surface area contributed by atoms with Crippen LogP contribution in [0.15, 0.2) is 12.1 Å². The first-order valence-electron chi connectivity index (χ1n) is 4.81. The van der Waals surface area contributed by atoms with E-state index in [0.29, 0.717) is 22.9 Å². The lowest BCUT2D eigenvalue weighted by atomic mass is 10.2. The van der Waals surface area contributed by atoms with Crippen LogP contribution in [0.1, 0.15) is 0 Å². The smallest absolute Gasteiger partial charge is 0.411 e. The molecule has 0 aliphatic carbocycles. The van der Waals surface area contributed by atoms with Crippen molar-refractivity contribution in [2.45, 2.75) is 0 Å². The zero-order chi connectivity index (χ0) is 13.0. The van der Waals surface area contributed by atoms with Crippen molar-refractivity contribution in [3.63, 3.8) is 0 Å². The van der Waals surface area contributed by atoms with Gasteiger partial charge in [-0.05, 0) is 0 Å². The van der Waals surface area contributed by atoms with Crippen LogP contribution in [0.2, 0.25) is 0 Å². The average molecular weight is 241 g/mol. The van der Waals surface area contributed by atoms with Gasteiger partial charge in [-0.3, -0.25) is 4.90 Å². The Morgan fingerprint density at radius 1 is 1.12 bits per heavy atom. The van der Waals surface area contributed by atoms with Crippen molar-refractivity contribution in [2.75, 3.05) is 33.3 Å². The average Bonchev–Trinajstić information content (AvgIpc) is 2.35. The van der Waals surface area contributed by atoms with Crippen LogP contribution in [0.5, 0.6) is 17.2 Å². The zero-order valence-electron chi connectivity index (χ0n) is 10.2. The minimum atomic E-state index is -1.07. The normalized spacial score (nSPS) is 9.65. The summed E-state index contributed by atoms with van der Waals surface area (Å²) in [4.78, 5) is 11.9. The third-order valence-electron chi connectivity index (χ3n) is 2.32. The van der Waals surface area contributed by atoms with Crippen LogP contribution >= 0.6 is 0 Å². The van der Waals surface area contributed by atoms with Crippen molar-refractivity contribution >= 4 is 11.8 Å². The summed E-state index contributed by atoms with van der Waals surface area (Å²) >= 11 is 0. The quantitative estimate of drug-likeness (QED) is 0.870. The predicted molar refractivity (Wildman–Crippen MR) is 62.5 cm³/mol. The van der Waals surface area contributed by atoms with E-state index in [4.69, 9.17) is 19.3 Å². The van der Waals surface area contributed by atoms with Crippen molar-refractivity contribution < 1.29 is 24.1 Å². The van der Waals surface area contributed by atoms with E-state index in [-0.39, 0.29) is 0 Å². The summed E-state index contributed by atoms with van der Waals surface area (Å²) in [6.45, 7) is 0. The minimum Gasteiger partial charge on any atom is -0.493 e. The van der Waals surface area contributed by atoms with Crippen molar-refractivity contribution in [3.05, 3.63) is 12.1 Å². The number of anilines is 1. The number of benzene rings is 1. The fourth-order valence-electron chi connectivity index (χ4n) is 1.37. The molecule has 94 valence electrons. The molecule has 0 unspecified atom stereocenters. The number of hydrogen-bond donors (Lipinski definition) is 1. The lowest BCUT2D eigenvalue weighted by molar-refractivity contribution is 0.203. The van der Waals surface area contributed by atoms with Gasteiger partial charge in [-0.2, -0.15) is 0 Å². The van der Waals surface area contributed by atoms with Gasteiger partial charge in [0.05, 0.1) is 27.0 Å². The summed E-state index contributed by atoms with van der Waals surface area (Å²) in [5.41, 5.74) is 0.437. The van der Waals surface area contributed by atoms with Gasteiger partial charge in [0.25, 0.3) is 0 Å². The molecule has 1 amide bonds. The number of carbonyl (C=O) groups is 1. The molecule has 6 heteroatoms. The molecule has 1 aromatic rings. The lowest BCUT2D eigenvalue weighted by Crippen LogP contribution is -2.23. The maximum atomic E-state index is 10.9. The summed E-state index contributed by atoms with van der Waals surface area (Å²) in [5, 5.41) is 8.90. The summed E-state index contributed by atoms with van der Waals surface area (Å²) < 4.78 is 15.4. The van der Waals surface area contributed by atoms with Crippen molar-refractivity contribution in [2.24, 2.45) is 0 Å². The van der Waals surface area contributed by atoms with Crippen LogP contribution in [-0.2, 0) is 0 Å². The molecule has 1 rings (SSSR count). The SMILES string of the molecule is COc1cc(N(C)C(=O)O)cc(OC)c1OC. The standard InChI is InChI=1S/C11H15NO5/c1-12(11(13)14)7-5-8(15-2)10(17-4)9(6-7)16-3/h5-6H,1-4H3,(H,13,14). The molecule has 0 heterocycles. The van der Waals surface area contributed by atoms with Gasteiger partial charge in [-0.1, -0.05) is 0 Å². The van der Waals surface area contributed by atoms with Crippen molar-refractivity contribution in [1.82, 2.24) is 0 Å². The highest BCUT2D eigenvalue weighted by Crippen LogP contribution is 2.40. The van der Waals surface area contributed by atoms with Crippen LogP contribution in [-0.4, -0.2) is 39.6 Å².